The number of oxime groups is 1. The third kappa shape index (κ3) is 6.96. The number of carboxylic acid groups (broad SMARTS) is 2. The summed E-state index contributed by atoms with van der Waals surface area (Å²) in [5.74, 6) is -7.77. The van der Waals surface area contributed by atoms with E-state index in [1.54, 1.807) is 0 Å². The number of piperidine rings is 1. The van der Waals surface area contributed by atoms with Gasteiger partial charge in [0, 0.05) is 66.8 Å². The summed E-state index contributed by atoms with van der Waals surface area (Å²) in [6, 6.07) is 2.96. The normalized spacial score (nSPS) is 27.5. The van der Waals surface area contributed by atoms with Gasteiger partial charge in [0.1, 0.15) is 30.5 Å². The predicted molar refractivity (Wildman–Crippen MR) is 190 cm³/mol. The maximum atomic E-state index is 13.7. The number of aromatic nitrogens is 1. The maximum Gasteiger partial charge on any atom is 0.352 e. The second-order valence-electron chi connectivity index (χ2n) is 13.8. The molecule has 3 saturated heterocycles. The molecule has 4 aliphatic rings. The first kappa shape index (κ1) is 37.5. The number of hydrogen-bond acceptors (Lipinski definition) is 14. The lowest BCUT2D eigenvalue weighted by molar-refractivity contribution is -0.944. The average Bonchev–Trinajstić information content (AvgIpc) is 3.56. The molecule has 1 aromatic carbocycles. The molecule has 0 spiro atoms. The van der Waals surface area contributed by atoms with Gasteiger partial charge in [-0.1, -0.05) is 16.8 Å². The highest BCUT2D eigenvalue weighted by Gasteiger charge is 2.57. The number of phenolic OH excluding ortho intramolecular Hbond substituents is 2. The zero-order chi connectivity index (χ0) is 37.6. The van der Waals surface area contributed by atoms with E-state index in [4.69, 9.17) is 27.9 Å². The number of nitrogen functional groups attached to an aromatic ring is 1. The number of benzene rings is 1. The van der Waals surface area contributed by atoms with Crippen LogP contribution in [0.5, 0.6) is 11.5 Å². The quantitative estimate of drug-likeness (QED) is 0.0402. The number of aliphatic carboxylic acids is 2. The molecular formula is C33H38ClN6O10S2+. The minimum atomic E-state index is -1.46. The van der Waals surface area contributed by atoms with E-state index in [-0.39, 0.29) is 40.3 Å². The van der Waals surface area contributed by atoms with E-state index in [1.807, 2.05) is 0 Å². The molecule has 2 aromatic rings. The number of nitrogens with two attached hydrogens (primary N) is 2. The molecule has 6 rings (SSSR count). The fraction of sp³-hybridized carbons (Fsp3) is 0.485. The first-order chi connectivity index (χ1) is 24.6. The van der Waals surface area contributed by atoms with E-state index < -0.39 is 76.2 Å². The number of anilines is 1. The van der Waals surface area contributed by atoms with Crippen molar-refractivity contribution in [2.75, 3.05) is 31.7 Å². The molecule has 5 heterocycles. The molecule has 7 atom stereocenters. The summed E-state index contributed by atoms with van der Waals surface area (Å²) in [6.45, 7) is -0.155. The van der Waals surface area contributed by atoms with Crippen LogP contribution >= 0.6 is 34.7 Å². The van der Waals surface area contributed by atoms with Crippen LogP contribution in [0.3, 0.4) is 0 Å². The summed E-state index contributed by atoms with van der Waals surface area (Å²) in [5.41, 5.74) is 12.2. The molecule has 2 bridgehead atoms. The smallest absolute Gasteiger partial charge is 0.352 e. The Balaban J connectivity index is 1.16. The van der Waals surface area contributed by atoms with Gasteiger partial charge in [0.2, 0.25) is 5.91 Å². The molecule has 16 nitrogen and oxygen atoms in total. The van der Waals surface area contributed by atoms with Crippen molar-refractivity contribution < 1.29 is 53.7 Å². The number of carboxylic acids is 2. The summed E-state index contributed by atoms with van der Waals surface area (Å²) in [7, 11) is 2.15. The molecule has 52 heavy (non-hydrogen) atoms. The van der Waals surface area contributed by atoms with Crippen LogP contribution in [-0.2, 0) is 24.0 Å². The average molecular weight is 778 g/mol. The molecule has 2 unspecified atom stereocenters. The molecule has 8 N–H and O–H groups in total. The van der Waals surface area contributed by atoms with E-state index in [0.717, 1.165) is 49.2 Å². The number of amides is 1. The van der Waals surface area contributed by atoms with Gasteiger partial charge in [-0.3, -0.25) is 24.1 Å². The van der Waals surface area contributed by atoms with Crippen LogP contribution in [0.2, 0.25) is 5.02 Å². The Morgan fingerprint density at radius 2 is 1.87 bits per heavy atom. The zero-order valence-corrected chi connectivity index (χ0v) is 30.3. The molecule has 0 saturated carbocycles. The number of fused-ring (bicyclic) bond motifs is 3. The number of carbonyl (C=O) groups excluding carboxylic acids is 3. The van der Waals surface area contributed by atoms with Crippen LogP contribution in [-0.4, -0.2) is 119 Å². The largest absolute Gasteiger partial charge is 0.504 e. The second kappa shape index (κ2) is 14.7. The molecule has 0 radical (unpaired) electrons. The van der Waals surface area contributed by atoms with Gasteiger partial charge in [-0.25, -0.2) is 9.78 Å². The second-order valence-corrected chi connectivity index (χ2v) is 16.2. The number of ketones is 2. The number of hydrogen-bond donors (Lipinski definition) is 6. The molecule has 19 heteroatoms. The van der Waals surface area contributed by atoms with Gasteiger partial charge < -0.3 is 41.2 Å². The van der Waals surface area contributed by atoms with E-state index in [0.29, 0.717) is 34.4 Å². The first-order valence-corrected chi connectivity index (χ1v) is 18.8. The number of thiazole rings is 1. The van der Waals surface area contributed by atoms with E-state index in [9.17, 15) is 44.4 Å². The number of halogens is 1. The van der Waals surface area contributed by atoms with Crippen molar-refractivity contribution in [1.29, 1.82) is 0 Å². The van der Waals surface area contributed by atoms with Crippen molar-refractivity contribution in [2.45, 2.75) is 62.0 Å². The van der Waals surface area contributed by atoms with Crippen LogP contribution in [0, 0.1) is 11.8 Å². The zero-order valence-electron chi connectivity index (χ0n) is 27.9. The van der Waals surface area contributed by atoms with Gasteiger partial charge in [0.15, 0.2) is 33.9 Å². The Morgan fingerprint density at radius 1 is 1.17 bits per heavy atom. The minimum Gasteiger partial charge on any atom is -0.504 e. The highest BCUT2D eigenvalue weighted by molar-refractivity contribution is 8.00. The van der Waals surface area contributed by atoms with Crippen molar-refractivity contribution in [3.8, 4) is 11.5 Å². The van der Waals surface area contributed by atoms with Gasteiger partial charge in [-0.15, -0.1) is 23.1 Å². The van der Waals surface area contributed by atoms with Crippen LogP contribution in [0.15, 0.2) is 33.9 Å². The number of β-lactam (4-membered cyclic amide) rings is 1. The number of rotatable bonds is 14. The SMILES string of the molecule is C[N+]1(CC2=C(C(=O)O)N3C(=O)[C@@H](CC(=O)/C(=N\OC[C@H](CC(=O)c4ccc(O)c(O)c4Cl)C(=O)O)c4csc(N)n4)[C@H]3SC2)[C@@H]2CC[C@H]1CC(N)C2. The predicted octanol–water partition coefficient (Wildman–Crippen LogP) is 2.41. The van der Waals surface area contributed by atoms with Crippen molar-refractivity contribution in [3.05, 3.63) is 45.1 Å². The minimum absolute atomic E-state index is 0.0305. The van der Waals surface area contributed by atoms with Gasteiger partial charge in [0.25, 0.3) is 0 Å². The number of thioether (sulfide) groups is 1. The van der Waals surface area contributed by atoms with Gasteiger partial charge in [-0.2, -0.15) is 0 Å². The van der Waals surface area contributed by atoms with E-state index >= 15 is 0 Å². The summed E-state index contributed by atoms with van der Waals surface area (Å²) in [4.78, 5) is 75.4. The Labute approximate surface area is 310 Å². The van der Waals surface area contributed by atoms with E-state index in [1.165, 1.54) is 22.0 Å². The molecule has 0 aliphatic carbocycles. The monoisotopic (exact) mass is 777 g/mol. The lowest BCUT2D eigenvalue weighted by atomic mass is 9.88. The summed E-state index contributed by atoms with van der Waals surface area (Å²) >= 11 is 8.38. The van der Waals surface area contributed by atoms with Crippen molar-refractivity contribution >= 4 is 75.0 Å². The standard InChI is InChI=1S/C33H37ClN6O10S2/c1-40(17-2-3-18(40)8-16(35)7-17)10-15-12-51-30-20(29(45)39(30)27(15)32(48)49)9-24(43)26(21-13-52-33(36)37-21)38-50-11-14(31(46)47)6-23(42)19-4-5-22(41)28(44)25(19)34/h4-5,13-14,16-18,20,30H,2-3,6-12,35H2,1H3,(H5-,36,37,38,41,42,43,44,46,47,48,49)/p+1/t14-,16?,17-,18+,20+,30+,40?/m0/s1. The molecule has 1 amide bonds. The first-order valence-electron chi connectivity index (χ1n) is 16.5. The highest BCUT2D eigenvalue weighted by Crippen LogP contribution is 2.48. The van der Waals surface area contributed by atoms with Crippen LogP contribution in [0.25, 0.3) is 0 Å². The molecule has 3 fully saturated rings. The topological polar surface area (TPSA) is 256 Å². The van der Waals surface area contributed by atoms with Gasteiger partial charge >= 0.3 is 11.9 Å². The molecule has 278 valence electrons. The lowest BCUT2D eigenvalue weighted by Gasteiger charge is -2.51. The van der Waals surface area contributed by atoms with Crippen LogP contribution in [0.4, 0.5) is 5.13 Å². The Bertz CT molecular complexity index is 1890. The van der Waals surface area contributed by atoms with E-state index in [2.05, 4.69) is 17.2 Å². The number of phenols is 2. The van der Waals surface area contributed by atoms with Gasteiger partial charge in [0.05, 0.1) is 35.4 Å². The maximum absolute atomic E-state index is 13.7. The summed E-state index contributed by atoms with van der Waals surface area (Å²) < 4.78 is 0.705. The fourth-order valence-corrected chi connectivity index (χ4v) is 10.1. The van der Waals surface area contributed by atoms with Crippen LogP contribution < -0.4 is 11.5 Å². The molecular weight excluding hydrogens is 740 g/mol. The Hall–Kier alpha value is -4.23. The number of carbonyl (C=O) groups is 5. The number of likely N-dealkylation sites (N-methyl/N-ethyl adjacent to an activating group) is 1. The highest BCUT2D eigenvalue weighted by atomic mass is 35.5. The molecule has 1 aromatic heterocycles. The lowest BCUT2D eigenvalue weighted by Crippen LogP contribution is -2.64. The Kier molecular flexibility index (Phi) is 10.6. The van der Waals surface area contributed by atoms with Crippen molar-refractivity contribution in [2.24, 2.45) is 22.7 Å². The number of quaternary nitrogens is 1. The summed E-state index contributed by atoms with van der Waals surface area (Å²) in [5, 5.41) is 43.9. The van der Waals surface area contributed by atoms with Crippen LogP contribution in [0.1, 0.15) is 54.6 Å². The fourth-order valence-electron chi connectivity index (χ4n) is 7.84. The molecule has 4 aliphatic heterocycles. The number of Topliss-reactive ketones (excluding diaryl/α,β-unsaturated/α-hetero) is 2. The number of nitrogens with zero attached hydrogens (tertiary/aromatic N) is 4. The van der Waals surface area contributed by atoms with Crippen molar-refractivity contribution in [1.82, 2.24) is 9.88 Å². The number of aromatic hydroxyl groups is 2. The summed E-state index contributed by atoms with van der Waals surface area (Å²) in [6.07, 6.45) is 2.83. The van der Waals surface area contributed by atoms with Gasteiger partial charge in [-0.05, 0) is 12.1 Å². The third-order valence-electron chi connectivity index (χ3n) is 10.6. The third-order valence-corrected chi connectivity index (χ3v) is 13.0. The van der Waals surface area contributed by atoms with Crippen molar-refractivity contribution in [3.63, 3.8) is 0 Å². The Morgan fingerprint density at radius 3 is 2.48 bits per heavy atom.